The van der Waals surface area contributed by atoms with E-state index in [2.05, 4.69) is 4.18 Å². The van der Waals surface area contributed by atoms with Gasteiger partial charge in [0.1, 0.15) is 17.2 Å². The Morgan fingerprint density at radius 1 is 0.905 bits per heavy atom. The van der Waals surface area contributed by atoms with Crippen molar-refractivity contribution < 1.29 is 30.2 Å². The molecule has 0 aliphatic carbocycles. The molecule has 2 rings (SSSR count). The molecule has 112 valence electrons. The highest BCUT2D eigenvalue weighted by atomic mass is 32.2. The molecule has 0 spiro atoms. The molecule has 0 bridgehead atoms. The lowest BCUT2D eigenvalue weighted by Gasteiger charge is -2.10. The quantitative estimate of drug-likeness (QED) is 0.618. The van der Waals surface area contributed by atoms with E-state index >= 15 is 0 Å². The van der Waals surface area contributed by atoms with Gasteiger partial charge in [-0.2, -0.15) is 17.4 Å². The number of benzene rings is 2. The van der Waals surface area contributed by atoms with Crippen molar-refractivity contribution in [2.75, 3.05) is 0 Å². The minimum absolute atomic E-state index is 0.0386. The van der Waals surface area contributed by atoms with Gasteiger partial charge in [0.05, 0.1) is 5.56 Å². The average molecular weight is 320 g/mol. The Balaban J connectivity index is 2.20. The summed E-state index contributed by atoms with van der Waals surface area (Å²) >= 11 is -2.99. The molecule has 0 saturated carbocycles. The van der Waals surface area contributed by atoms with Gasteiger partial charge in [-0.15, -0.1) is 0 Å². The molecule has 3 nitrogen and oxygen atoms in total. The molecule has 1 unspecified atom stereocenters. The zero-order chi connectivity index (χ0) is 15.5. The van der Waals surface area contributed by atoms with Crippen LogP contribution in [-0.2, 0) is 17.6 Å². The zero-order valence-corrected chi connectivity index (χ0v) is 11.1. The van der Waals surface area contributed by atoms with Crippen LogP contribution < -0.4 is 8.92 Å². The molecule has 0 radical (unpaired) electrons. The molecular formula is C13H8F4O3S. The van der Waals surface area contributed by atoms with Crippen LogP contribution in [0.25, 0.3) is 0 Å². The number of ether oxygens (including phenoxy) is 1. The van der Waals surface area contributed by atoms with E-state index in [-0.39, 0.29) is 17.2 Å². The lowest BCUT2D eigenvalue weighted by atomic mass is 10.2. The second kappa shape index (κ2) is 6.13. The van der Waals surface area contributed by atoms with Crippen LogP contribution in [-0.4, -0.2) is 4.21 Å². The first kappa shape index (κ1) is 15.3. The van der Waals surface area contributed by atoms with Gasteiger partial charge in [0.25, 0.3) is 0 Å². The third kappa shape index (κ3) is 4.45. The summed E-state index contributed by atoms with van der Waals surface area (Å²) in [5.41, 5.74) is -0.850. The summed E-state index contributed by atoms with van der Waals surface area (Å²) in [6.07, 6.45) is -4.48. The molecule has 0 aliphatic rings. The first-order chi connectivity index (χ1) is 9.84. The van der Waals surface area contributed by atoms with E-state index in [0.717, 1.165) is 12.1 Å². The summed E-state index contributed by atoms with van der Waals surface area (Å²) < 4.78 is 69.7. The maximum absolute atomic E-state index is 12.6. The van der Waals surface area contributed by atoms with Crippen LogP contribution in [0.15, 0.2) is 48.5 Å². The molecule has 0 aliphatic heterocycles. The molecule has 0 aromatic heterocycles. The van der Waals surface area contributed by atoms with Crippen LogP contribution in [0.5, 0.6) is 17.2 Å². The largest absolute Gasteiger partial charge is 0.457 e. The summed E-state index contributed by atoms with van der Waals surface area (Å²) in [5.74, 6) is 0.0147. The van der Waals surface area contributed by atoms with Gasteiger partial charge in [-0.3, -0.25) is 0 Å². The summed E-state index contributed by atoms with van der Waals surface area (Å²) in [5, 5.41) is 0. The number of hydrogen-bond donors (Lipinski definition) is 0. The van der Waals surface area contributed by atoms with Gasteiger partial charge >= 0.3 is 17.6 Å². The lowest BCUT2D eigenvalue weighted by molar-refractivity contribution is -0.137. The van der Waals surface area contributed by atoms with E-state index in [1.165, 1.54) is 36.4 Å². The number of hydrogen-bond acceptors (Lipinski definition) is 3. The molecular weight excluding hydrogens is 312 g/mol. The Kier molecular flexibility index (Phi) is 4.46. The molecule has 0 saturated heterocycles. The predicted octanol–water partition coefficient (Wildman–Crippen LogP) is 4.42. The maximum Gasteiger partial charge on any atom is 0.416 e. The lowest BCUT2D eigenvalue weighted by Crippen LogP contribution is -2.04. The third-order valence-electron chi connectivity index (χ3n) is 2.36. The van der Waals surface area contributed by atoms with E-state index < -0.39 is 23.2 Å². The van der Waals surface area contributed by atoms with Crippen molar-refractivity contribution in [2.45, 2.75) is 6.18 Å². The topological polar surface area (TPSA) is 35.5 Å². The summed E-state index contributed by atoms with van der Waals surface area (Å²) in [6, 6.07) is 9.69. The summed E-state index contributed by atoms with van der Waals surface area (Å²) in [6.45, 7) is 0. The summed E-state index contributed by atoms with van der Waals surface area (Å²) in [4.78, 5) is 0. The van der Waals surface area contributed by atoms with Crippen LogP contribution in [0.4, 0.5) is 17.1 Å². The third-order valence-corrected chi connectivity index (χ3v) is 2.69. The van der Waals surface area contributed by atoms with Crippen LogP contribution in [0.3, 0.4) is 0 Å². The fraction of sp³-hybridized carbons (Fsp3) is 0.0769. The SMILES string of the molecule is O=S(F)Oc1cccc(Oc2cccc(C(F)(F)F)c2)c1. The van der Waals surface area contributed by atoms with E-state index in [1.807, 2.05) is 0 Å². The van der Waals surface area contributed by atoms with Gasteiger partial charge in [-0.1, -0.05) is 16.0 Å². The maximum atomic E-state index is 12.6. The van der Waals surface area contributed by atoms with E-state index in [9.17, 15) is 21.3 Å². The predicted molar refractivity (Wildman–Crippen MR) is 67.8 cm³/mol. The van der Waals surface area contributed by atoms with Gasteiger partial charge in [0, 0.05) is 6.07 Å². The van der Waals surface area contributed by atoms with Crippen molar-refractivity contribution in [3.05, 3.63) is 54.1 Å². The molecule has 21 heavy (non-hydrogen) atoms. The standard InChI is InChI=1S/C13H8F4O3S/c14-13(15,16)9-3-1-4-10(7-9)19-11-5-2-6-12(8-11)20-21(17)18/h1-8H. The van der Waals surface area contributed by atoms with E-state index in [0.29, 0.717) is 0 Å². The molecule has 1 atom stereocenters. The Labute approximate surface area is 120 Å². The minimum atomic E-state index is -4.48. The van der Waals surface area contributed by atoms with Crippen molar-refractivity contribution in [2.24, 2.45) is 0 Å². The Hall–Kier alpha value is -2.09. The molecule has 0 fully saturated rings. The first-order valence-corrected chi connectivity index (χ1v) is 6.53. The first-order valence-electron chi connectivity index (χ1n) is 5.56. The van der Waals surface area contributed by atoms with Crippen LogP contribution in [0, 0.1) is 0 Å². The fourth-order valence-electron chi connectivity index (χ4n) is 1.54. The number of halogens is 4. The minimum Gasteiger partial charge on any atom is -0.457 e. The highest BCUT2D eigenvalue weighted by Crippen LogP contribution is 2.33. The van der Waals surface area contributed by atoms with Crippen molar-refractivity contribution >= 4 is 11.5 Å². The van der Waals surface area contributed by atoms with Gasteiger partial charge in [-0.25, -0.2) is 0 Å². The van der Waals surface area contributed by atoms with Crippen LogP contribution in [0.2, 0.25) is 0 Å². The number of alkyl halides is 3. The summed E-state index contributed by atoms with van der Waals surface area (Å²) in [7, 11) is 0. The second-order valence-electron chi connectivity index (χ2n) is 3.88. The second-order valence-corrected chi connectivity index (χ2v) is 4.43. The normalized spacial score (nSPS) is 12.8. The van der Waals surface area contributed by atoms with Crippen LogP contribution in [0.1, 0.15) is 5.56 Å². The Morgan fingerprint density at radius 3 is 2.10 bits per heavy atom. The monoisotopic (exact) mass is 320 g/mol. The smallest absolute Gasteiger partial charge is 0.416 e. The van der Waals surface area contributed by atoms with Crippen molar-refractivity contribution in [3.63, 3.8) is 0 Å². The van der Waals surface area contributed by atoms with Gasteiger partial charge < -0.3 is 8.92 Å². The van der Waals surface area contributed by atoms with Crippen LogP contribution >= 0.6 is 0 Å². The van der Waals surface area contributed by atoms with Gasteiger partial charge in [0.15, 0.2) is 0 Å². The van der Waals surface area contributed by atoms with Crippen molar-refractivity contribution in [3.8, 4) is 17.2 Å². The average Bonchev–Trinajstić information content (AvgIpc) is 2.37. The number of rotatable bonds is 4. The van der Waals surface area contributed by atoms with Gasteiger partial charge in [0.2, 0.25) is 0 Å². The van der Waals surface area contributed by atoms with Crippen molar-refractivity contribution in [1.29, 1.82) is 0 Å². The molecule has 0 heterocycles. The van der Waals surface area contributed by atoms with E-state index in [1.54, 1.807) is 0 Å². The van der Waals surface area contributed by atoms with E-state index in [4.69, 9.17) is 4.74 Å². The molecule has 8 heteroatoms. The Morgan fingerprint density at radius 2 is 1.48 bits per heavy atom. The fourth-order valence-corrected chi connectivity index (χ4v) is 1.79. The highest BCUT2D eigenvalue weighted by Gasteiger charge is 2.30. The highest BCUT2D eigenvalue weighted by molar-refractivity contribution is 7.75. The molecule has 2 aromatic rings. The Bertz CT molecular complexity index is 658. The molecule has 0 amide bonds. The molecule has 2 aromatic carbocycles. The zero-order valence-electron chi connectivity index (χ0n) is 10.3. The molecule has 0 N–H and O–H groups in total. The van der Waals surface area contributed by atoms with Crippen molar-refractivity contribution in [1.82, 2.24) is 0 Å². The van der Waals surface area contributed by atoms with Gasteiger partial charge in [-0.05, 0) is 30.3 Å².